The number of hydrogen-bond acceptors (Lipinski definition) is 3. The van der Waals surface area contributed by atoms with Crippen LogP contribution in [-0.4, -0.2) is 9.13 Å². The normalized spacial score (nSPS) is 10.2. The minimum absolute atomic E-state index is 0.218. The van der Waals surface area contributed by atoms with Crippen LogP contribution in [0.2, 0.25) is 0 Å². The molecule has 0 bridgehead atoms. The predicted molar refractivity (Wildman–Crippen MR) is 75.6 cm³/mol. The van der Waals surface area contributed by atoms with E-state index in [4.69, 9.17) is 5.26 Å². The zero-order valence-electron chi connectivity index (χ0n) is 11.5. The minimum Gasteiger partial charge on any atom is -0.301 e. The Bertz CT molecular complexity index is 794. The average molecular weight is 269 g/mol. The zero-order valence-corrected chi connectivity index (χ0v) is 11.5. The van der Waals surface area contributed by atoms with Crippen molar-refractivity contribution < 1.29 is 0 Å². The lowest BCUT2D eigenvalue weighted by molar-refractivity contribution is 0.599. The van der Waals surface area contributed by atoms with Crippen molar-refractivity contribution in [1.29, 1.82) is 5.26 Å². The Morgan fingerprint density at radius 2 is 2.00 bits per heavy atom. The smallest absolute Gasteiger partial charge is 0.301 e. The van der Waals surface area contributed by atoms with Gasteiger partial charge in [0.05, 0.1) is 18.2 Å². The van der Waals surface area contributed by atoms with Crippen molar-refractivity contribution in [2.45, 2.75) is 26.9 Å². The number of benzene rings is 1. The molecule has 0 aliphatic carbocycles. The third-order valence-corrected chi connectivity index (χ3v) is 3.28. The first-order chi connectivity index (χ1) is 9.56. The van der Waals surface area contributed by atoms with E-state index >= 15 is 0 Å². The number of rotatable bonds is 3. The summed E-state index contributed by atoms with van der Waals surface area (Å²) in [7, 11) is 0. The lowest BCUT2D eigenvalue weighted by atomic mass is 10.1. The molecule has 0 spiro atoms. The largest absolute Gasteiger partial charge is 0.331 e. The maximum absolute atomic E-state index is 12.1. The lowest BCUT2D eigenvalue weighted by Crippen LogP contribution is -2.39. The SMILES string of the molecule is CCn1ccc(=O)n(Cc2ccc(C#N)cc2C)c1=O. The lowest BCUT2D eigenvalue weighted by Gasteiger charge is -2.10. The Labute approximate surface area is 116 Å². The number of hydrogen-bond donors (Lipinski definition) is 0. The zero-order chi connectivity index (χ0) is 14.7. The molecule has 5 heteroatoms. The van der Waals surface area contributed by atoms with Crippen LogP contribution in [0.3, 0.4) is 0 Å². The number of aryl methyl sites for hydroxylation is 2. The van der Waals surface area contributed by atoms with Crippen LogP contribution in [0.4, 0.5) is 0 Å². The third-order valence-electron chi connectivity index (χ3n) is 3.28. The first kappa shape index (κ1) is 13.8. The van der Waals surface area contributed by atoms with Crippen molar-refractivity contribution in [3.05, 3.63) is 68.0 Å². The fourth-order valence-corrected chi connectivity index (χ4v) is 2.06. The van der Waals surface area contributed by atoms with Crippen molar-refractivity contribution in [2.75, 3.05) is 0 Å². The van der Waals surface area contributed by atoms with Crippen molar-refractivity contribution in [3.63, 3.8) is 0 Å². The molecule has 102 valence electrons. The summed E-state index contributed by atoms with van der Waals surface area (Å²) in [6, 6.07) is 8.68. The fraction of sp³-hybridized carbons (Fsp3) is 0.267. The Kier molecular flexibility index (Phi) is 3.85. The molecule has 0 atom stereocenters. The first-order valence-corrected chi connectivity index (χ1v) is 6.36. The second kappa shape index (κ2) is 5.57. The van der Waals surface area contributed by atoms with E-state index in [-0.39, 0.29) is 17.8 Å². The molecule has 1 heterocycles. The van der Waals surface area contributed by atoms with Crippen molar-refractivity contribution >= 4 is 0 Å². The standard InChI is InChI=1S/C15H15N3O2/c1-3-17-7-6-14(19)18(15(17)20)10-13-5-4-12(9-16)8-11(13)2/h4-8H,3,10H2,1-2H3. The Hall–Kier alpha value is -2.61. The summed E-state index contributed by atoms with van der Waals surface area (Å²) in [6.07, 6.45) is 1.51. The van der Waals surface area contributed by atoms with Gasteiger partial charge in [0.1, 0.15) is 0 Å². The van der Waals surface area contributed by atoms with Crippen molar-refractivity contribution in [3.8, 4) is 6.07 Å². The minimum atomic E-state index is -0.316. The quantitative estimate of drug-likeness (QED) is 0.842. The maximum atomic E-state index is 12.1. The Morgan fingerprint density at radius 1 is 1.25 bits per heavy atom. The molecule has 5 nitrogen and oxygen atoms in total. The molecule has 1 aromatic carbocycles. The van der Waals surface area contributed by atoms with Gasteiger partial charge in [0.25, 0.3) is 5.56 Å². The molecule has 0 amide bonds. The third kappa shape index (κ3) is 2.54. The highest BCUT2D eigenvalue weighted by Crippen LogP contribution is 2.10. The summed E-state index contributed by atoms with van der Waals surface area (Å²) in [4.78, 5) is 24.0. The van der Waals surface area contributed by atoms with Gasteiger partial charge in [0.2, 0.25) is 0 Å². The van der Waals surface area contributed by atoms with E-state index in [0.717, 1.165) is 11.1 Å². The van der Waals surface area contributed by atoms with Gasteiger partial charge in [-0.15, -0.1) is 0 Å². The molecule has 0 aliphatic rings. The van der Waals surface area contributed by atoms with Gasteiger partial charge in [0.15, 0.2) is 0 Å². The number of nitrogens with zero attached hydrogens (tertiary/aromatic N) is 3. The molecule has 0 radical (unpaired) electrons. The van der Waals surface area contributed by atoms with Gasteiger partial charge < -0.3 is 4.57 Å². The van der Waals surface area contributed by atoms with Crippen molar-refractivity contribution in [1.82, 2.24) is 9.13 Å². The molecule has 20 heavy (non-hydrogen) atoms. The van der Waals surface area contributed by atoms with E-state index in [1.807, 2.05) is 13.8 Å². The second-order valence-corrected chi connectivity index (χ2v) is 4.56. The molecule has 2 rings (SSSR count). The molecule has 1 aromatic heterocycles. The molecule has 0 saturated heterocycles. The monoisotopic (exact) mass is 269 g/mol. The first-order valence-electron chi connectivity index (χ1n) is 6.36. The highest BCUT2D eigenvalue weighted by atomic mass is 16.2. The van der Waals surface area contributed by atoms with Crippen LogP contribution in [0.15, 0.2) is 40.1 Å². The number of nitriles is 1. The predicted octanol–water partition coefficient (Wildman–Crippen LogP) is 1.26. The van der Waals surface area contributed by atoms with E-state index in [1.54, 1.807) is 18.2 Å². The van der Waals surface area contributed by atoms with Crippen LogP contribution in [0.1, 0.15) is 23.6 Å². The van der Waals surface area contributed by atoms with Gasteiger partial charge >= 0.3 is 5.69 Å². The van der Waals surface area contributed by atoms with Crippen LogP contribution in [0.25, 0.3) is 0 Å². The molecule has 0 saturated carbocycles. The Balaban J connectivity index is 2.48. The van der Waals surface area contributed by atoms with Crippen molar-refractivity contribution in [2.24, 2.45) is 0 Å². The van der Waals surface area contributed by atoms with E-state index in [2.05, 4.69) is 6.07 Å². The molecule has 0 aliphatic heterocycles. The molecule has 0 fully saturated rings. The Morgan fingerprint density at radius 3 is 2.60 bits per heavy atom. The molecule has 0 N–H and O–H groups in total. The summed E-state index contributed by atoms with van der Waals surface area (Å²) < 4.78 is 2.69. The van der Waals surface area contributed by atoms with Gasteiger partial charge in [0, 0.05) is 18.8 Å². The molecule has 0 unspecified atom stereocenters. The second-order valence-electron chi connectivity index (χ2n) is 4.56. The average Bonchev–Trinajstić information content (AvgIpc) is 2.45. The number of aromatic nitrogens is 2. The summed E-state index contributed by atoms with van der Waals surface area (Å²) >= 11 is 0. The maximum Gasteiger partial charge on any atom is 0.331 e. The molecule has 2 aromatic rings. The van der Waals surface area contributed by atoms with Gasteiger partial charge in [-0.2, -0.15) is 5.26 Å². The van der Waals surface area contributed by atoms with Gasteiger partial charge in [-0.05, 0) is 37.1 Å². The summed E-state index contributed by atoms with van der Waals surface area (Å²) in [6.45, 7) is 4.45. The van der Waals surface area contributed by atoms with Crippen LogP contribution in [-0.2, 0) is 13.1 Å². The van der Waals surface area contributed by atoms with E-state index in [0.29, 0.717) is 12.1 Å². The summed E-state index contributed by atoms with van der Waals surface area (Å²) in [5.74, 6) is 0. The highest BCUT2D eigenvalue weighted by Gasteiger charge is 2.07. The van der Waals surface area contributed by atoms with E-state index < -0.39 is 0 Å². The van der Waals surface area contributed by atoms with Crippen LogP contribution >= 0.6 is 0 Å². The van der Waals surface area contributed by atoms with E-state index in [9.17, 15) is 9.59 Å². The summed E-state index contributed by atoms with van der Waals surface area (Å²) in [5, 5.41) is 8.84. The fourth-order valence-electron chi connectivity index (χ4n) is 2.06. The van der Waals surface area contributed by atoms with Crippen LogP contribution < -0.4 is 11.2 Å². The van der Waals surface area contributed by atoms with Crippen LogP contribution in [0, 0.1) is 18.3 Å². The van der Waals surface area contributed by atoms with Crippen LogP contribution in [0.5, 0.6) is 0 Å². The van der Waals surface area contributed by atoms with E-state index in [1.165, 1.54) is 21.4 Å². The van der Waals surface area contributed by atoms with Gasteiger partial charge in [-0.3, -0.25) is 9.36 Å². The highest BCUT2D eigenvalue weighted by molar-refractivity contribution is 5.37. The summed E-state index contributed by atoms with van der Waals surface area (Å²) in [5.41, 5.74) is 1.68. The van der Waals surface area contributed by atoms with Gasteiger partial charge in [-0.25, -0.2) is 4.79 Å². The molecular weight excluding hydrogens is 254 g/mol. The molecular formula is C15H15N3O2. The topological polar surface area (TPSA) is 67.8 Å². The van der Waals surface area contributed by atoms with Gasteiger partial charge in [-0.1, -0.05) is 6.07 Å².